The highest BCUT2D eigenvalue weighted by Gasteiger charge is 2.14. The fourth-order valence-electron chi connectivity index (χ4n) is 0.916. The van der Waals surface area contributed by atoms with Crippen molar-refractivity contribution in [3.05, 3.63) is 0 Å². The zero-order valence-corrected chi connectivity index (χ0v) is 13.4. The topological polar surface area (TPSA) is 109 Å². The molecule has 2 atom stereocenters. The van der Waals surface area contributed by atoms with Gasteiger partial charge in [0.05, 0.1) is 11.5 Å². The molecule has 10 heteroatoms. The summed E-state index contributed by atoms with van der Waals surface area (Å²) in [4.78, 5) is 0. The predicted molar refractivity (Wildman–Crippen MR) is 76.2 cm³/mol. The zero-order chi connectivity index (χ0) is 14.4. The van der Waals surface area contributed by atoms with Gasteiger partial charge in [0.2, 0.25) is 0 Å². The van der Waals surface area contributed by atoms with Gasteiger partial charge in [0.25, 0.3) is 20.2 Å². The van der Waals surface area contributed by atoms with Gasteiger partial charge in [0, 0.05) is 10.5 Å². The highest BCUT2D eigenvalue weighted by atomic mass is 33.1. The molecule has 0 aromatic heterocycles. The smallest absolute Gasteiger partial charge is 0.264 e. The average molecular weight is 338 g/mol. The van der Waals surface area contributed by atoms with Crippen LogP contribution in [-0.4, -0.2) is 47.9 Å². The van der Waals surface area contributed by atoms with E-state index in [1.807, 2.05) is 13.8 Å². The van der Waals surface area contributed by atoms with Crippen molar-refractivity contribution in [1.82, 2.24) is 0 Å². The van der Waals surface area contributed by atoms with Gasteiger partial charge >= 0.3 is 0 Å². The molecule has 0 aliphatic carbocycles. The van der Waals surface area contributed by atoms with Crippen molar-refractivity contribution in [2.24, 2.45) is 0 Å². The third-order valence-electron chi connectivity index (χ3n) is 1.95. The second-order valence-corrected chi connectivity index (χ2v) is 10.3. The molecule has 0 aliphatic heterocycles. The van der Waals surface area contributed by atoms with Crippen molar-refractivity contribution in [1.29, 1.82) is 0 Å². The molecule has 0 aliphatic rings. The van der Waals surface area contributed by atoms with Crippen LogP contribution in [0.15, 0.2) is 0 Å². The van der Waals surface area contributed by atoms with Gasteiger partial charge in [-0.2, -0.15) is 16.8 Å². The van der Waals surface area contributed by atoms with Crippen LogP contribution in [0.25, 0.3) is 0 Å². The minimum Gasteiger partial charge on any atom is -0.286 e. The fourth-order valence-corrected chi connectivity index (χ4v) is 5.04. The van der Waals surface area contributed by atoms with Gasteiger partial charge in [-0.05, 0) is 12.8 Å². The van der Waals surface area contributed by atoms with Crippen molar-refractivity contribution in [2.75, 3.05) is 11.5 Å². The Morgan fingerprint density at radius 3 is 1.33 bits per heavy atom. The van der Waals surface area contributed by atoms with Crippen molar-refractivity contribution < 1.29 is 25.9 Å². The number of hydrogen-bond donors (Lipinski definition) is 2. The second-order valence-electron chi connectivity index (χ2n) is 3.96. The molecule has 6 nitrogen and oxygen atoms in total. The van der Waals surface area contributed by atoms with Gasteiger partial charge < -0.3 is 0 Å². The maximum Gasteiger partial charge on any atom is 0.264 e. The number of rotatable bonds is 9. The van der Waals surface area contributed by atoms with Crippen molar-refractivity contribution in [3.63, 3.8) is 0 Å². The summed E-state index contributed by atoms with van der Waals surface area (Å²) in [5.74, 6) is -0.553. The Balaban J connectivity index is 3.81. The summed E-state index contributed by atoms with van der Waals surface area (Å²) in [7, 11) is -4.96. The fraction of sp³-hybridized carbons (Fsp3) is 1.00. The average Bonchev–Trinajstić information content (AvgIpc) is 2.18. The summed E-state index contributed by atoms with van der Waals surface area (Å²) in [6.45, 7) is 3.66. The van der Waals surface area contributed by atoms with E-state index in [9.17, 15) is 16.8 Å². The van der Waals surface area contributed by atoms with Crippen LogP contribution in [-0.2, 0) is 20.2 Å². The molecule has 0 radical (unpaired) electrons. The molecule has 0 fully saturated rings. The molecule has 0 heterocycles. The summed E-state index contributed by atoms with van der Waals surface area (Å²) >= 11 is 0. The third kappa shape index (κ3) is 13.0. The molecular formula is C8H18O6S4. The molecule has 18 heavy (non-hydrogen) atoms. The van der Waals surface area contributed by atoms with Crippen LogP contribution in [0.3, 0.4) is 0 Å². The highest BCUT2D eigenvalue weighted by molar-refractivity contribution is 8.77. The lowest BCUT2D eigenvalue weighted by Crippen LogP contribution is -2.10. The monoisotopic (exact) mass is 338 g/mol. The van der Waals surface area contributed by atoms with E-state index in [2.05, 4.69) is 0 Å². The quantitative estimate of drug-likeness (QED) is 0.483. The van der Waals surface area contributed by atoms with E-state index in [4.69, 9.17) is 9.11 Å². The summed E-state index contributed by atoms with van der Waals surface area (Å²) in [5.41, 5.74) is 0. The first-order valence-corrected chi connectivity index (χ1v) is 10.7. The molecule has 110 valence electrons. The van der Waals surface area contributed by atoms with E-state index in [0.29, 0.717) is 12.8 Å². The van der Waals surface area contributed by atoms with Crippen molar-refractivity contribution >= 4 is 41.8 Å². The lowest BCUT2D eigenvalue weighted by atomic mass is 10.4. The van der Waals surface area contributed by atoms with Crippen LogP contribution < -0.4 is 0 Å². The maximum absolute atomic E-state index is 10.5. The molecule has 0 saturated heterocycles. The standard InChI is InChI=1S/C8H18O6S4/c1-7(3-5-17(9,10)11)15-16-8(2)4-6-18(12,13)14/h7-8H,3-6H2,1-2H3,(H,9,10,11)(H,12,13,14). The third-order valence-corrected chi connectivity index (χ3v) is 7.00. The first-order chi connectivity index (χ1) is 7.99. The first kappa shape index (κ1) is 18.5. The van der Waals surface area contributed by atoms with E-state index in [0.717, 1.165) is 0 Å². The Labute approximate surface area is 116 Å². The van der Waals surface area contributed by atoms with Crippen molar-refractivity contribution in [2.45, 2.75) is 37.2 Å². The van der Waals surface area contributed by atoms with Crippen molar-refractivity contribution in [3.8, 4) is 0 Å². The Bertz CT molecular complexity index is 387. The Kier molecular flexibility index (Phi) is 8.18. The van der Waals surface area contributed by atoms with Gasteiger partial charge in [0.15, 0.2) is 0 Å². The Hall–Kier alpha value is 0.520. The Morgan fingerprint density at radius 2 is 1.11 bits per heavy atom. The van der Waals surface area contributed by atoms with Crippen LogP contribution in [0.1, 0.15) is 26.7 Å². The molecule has 0 amide bonds. The lowest BCUT2D eigenvalue weighted by molar-refractivity contribution is 0.478. The van der Waals surface area contributed by atoms with Crippen LogP contribution in [0.2, 0.25) is 0 Å². The molecule has 0 bridgehead atoms. The molecule has 0 aromatic rings. The van der Waals surface area contributed by atoms with Gasteiger partial charge in [-0.15, -0.1) is 0 Å². The Morgan fingerprint density at radius 1 is 0.833 bits per heavy atom. The summed E-state index contributed by atoms with van der Waals surface area (Å²) in [6.07, 6.45) is 0.670. The summed E-state index contributed by atoms with van der Waals surface area (Å²) < 4.78 is 59.3. The minimum atomic E-state index is -3.92. The van der Waals surface area contributed by atoms with Crippen LogP contribution in [0, 0.1) is 0 Å². The zero-order valence-electron chi connectivity index (χ0n) is 10.1. The summed E-state index contributed by atoms with van der Waals surface area (Å²) in [6, 6.07) is 0. The van der Waals surface area contributed by atoms with Gasteiger partial charge in [-0.3, -0.25) is 9.11 Å². The molecule has 0 saturated carbocycles. The van der Waals surface area contributed by atoms with Gasteiger partial charge in [0.1, 0.15) is 0 Å². The predicted octanol–water partition coefficient (Wildman–Crippen LogP) is 1.70. The number of hydrogen-bond acceptors (Lipinski definition) is 6. The molecule has 2 N–H and O–H groups in total. The van der Waals surface area contributed by atoms with Crippen LogP contribution in [0.4, 0.5) is 0 Å². The second kappa shape index (κ2) is 7.95. The maximum atomic E-state index is 10.5. The molecule has 0 aromatic carbocycles. The van der Waals surface area contributed by atoms with Gasteiger partial charge in [-0.1, -0.05) is 35.4 Å². The van der Waals surface area contributed by atoms with E-state index in [1.54, 1.807) is 0 Å². The SMILES string of the molecule is CC(CCS(=O)(=O)O)SSC(C)CCS(=O)(=O)O. The van der Waals surface area contributed by atoms with Crippen LogP contribution >= 0.6 is 21.6 Å². The molecule has 0 spiro atoms. The normalized spacial score (nSPS) is 16.4. The molecule has 2 unspecified atom stereocenters. The summed E-state index contributed by atoms with van der Waals surface area (Å²) in [5, 5.41) is 0.0650. The molecular weight excluding hydrogens is 320 g/mol. The minimum absolute atomic E-state index is 0.0325. The van der Waals surface area contributed by atoms with E-state index >= 15 is 0 Å². The lowest BCUT2D eigenvalue weighted by Gasteiger charge is -2.13. The van der Waals surface area contributed by atoms with Crippen LogP contribution in [0.5, 0.6) is 0 Å². The van der Waals surface area contributed by atoms with E-state index in [1.165, 1.54) is 21.6 Å². The molecule has 0 rings (SSSR count). The highest BCUT2D eigenvalue weighted by Crippen LogP contribution is 2.33. The largest absolute Gasteiger partial charge is 0.286 e. The van der Waals surface area contributed by atoms with E-state index in [-0.39, 0.29) is 22.0 Å². The first-order valence-electron chi connectivity index (χ1n) is 5.22. The van der Waals surface area contributed by atoms with E-state index < -0.39 is 20.2 Å². The van der Waals surface area contributed by atoms with Gasteiger partial charge in [-0.25, -0.2) is 0 Å².